The SMILES string of the molecule is S=c1[nH]nc2oc3ccccc3n12. The topological polar surface area (TPSA) is 46.2 Å². The van der Waals surface area contributed by atoms with E-state index in [-0.39, 0.29) is 0 Å². The summed E-state index contributed by atoms with van der Waals surface area (Å²) in [7, 11) is 0. The Morgan fingerprint density at radius 2 is 2.23 bits per heavy atom. The first-order chi connectivity index (χ1) is 6.36. The lowest BCUT2D eigenvalue weighted by Gasteiger charge is -1.84. The largest absolute Gasteiger partial charge is 0.422 e. The second-order valence-corrected chi connectivity index (χ2v) is 3.10. The molecule has 0 saturated heterocycles. The van der Waals surface area contributed by atoms with Crippen LogP contribution < -0.4 is 0 Å². The second-order valence-electron chi connectivity index (χ2n) is 2.72. The van der Waals surface area contributed by atoms with Crippen LogP contribution in [0.5, 0.6) is 0 Å². The van der Waals surface area contributed by atoms with Gasteiger partial charge in [-0.25, -0.2) is 9.50 Å². The quantitative estimate of drug-likeness (QED) is 0.554. The second kappa shape index (κ2) is 2.20. The van der Waals surface area contributed by atoms with Crippen molar-refractivity contribution in [3.63, 3.8) is 0 Å². The molecule has 0 bridgehead atoms. The lowest BCUT2D eigenvalue weighted by Crippen LogP contribution is -1.78. The third kappa shape index (κ3) is 0.790. The summed E-state index contributed by atoms with van der Waals surface area (Å²) in [6, 6.07) is 7.68. The summed E-state index contributed by atoms with van der Waals surface area (Å²) >= 11 is 5.05. The maximum atomic E-state index is 5.43. The maximum Gasteiger partial charge on any atom is 0.326 e. The van der Waals surface area contributed by atoms with Crippen molar-refractivity contribution in [3.05, 3.63) is 29.0 Å². The summed E-state index contributed by atoms with van der Waals surface area (Å²) in [6.45, 7) is 0. The van der Waals surface area contributed by atoms with E-state index in [4.69, 9.17) is 16.6 Å². The van der Waals surface area contributed by atoms with E-state index in [1.807, 2.05) is 24.3 Å². The molecule has 0 atom stereocenters. The number of benzene rings is 1. The van der Waals surface area contributed by atoms with Crippen molar-refractivity contribution in [1.29, 1.82) is 0 Å². The average molecular weight is 191 g/mol. The van der Waals surface area contributed by atoms with Crippen molar-refractivity contribution in [2.45, 2.75) is 0 Å². The van der Waals surface area contributed by atoms with Gasteiger partial charge in [0.2, 0.25) is 4.77 Å². The fraction of sp³-hybridized carbons (Fsp3) is 0. The minimum absolute atomic E-state index is 0.506. The molecule has 0 amide bonds. The molecular formula is C8H5N3OS. The number of para-hydroxylation sites is 2. The molecule has 0 saturated carbocycles. The molecule has 0 spiro atoms. The van der Waals surface area contributed by atoms with Crippen molar-refractivity contribution in [3.8, 4) is 0 Å². The first kappa shape index (κ1) is 6.85. The van der Waals surface area contributed by atoms with Crippen LogP contribution in [0.15, 0.2) is 28.7 Å². The van der Waals surface area contributed by atoms with Crippen molar-refractivity contribution >= 4 is 29.2 Å². The highest BCUT2D eigenvalue weighted by molar-refractivity contribution is 7.71. The number of nitrogens with zero attached hydrogens (tertiary/aromatic N) is 2. The Balaban J connectivity index is 2.75. The lowest BCUT2D eigenvalue weighted by atomic mass is 10.3. The normalized spacial score (nSPS) is 11.4. The number of hydrogen-bond acceptors (Lipinski definition) is 3. The lowest BCUT2D eigenvalue weighted by molar-refractivity contribution is 0.637. The van der Waals surface area contributed by atoms with Crippen molar-refractivity contribution in [2.75, 3.05) is 0 Å². The Bertz CT molecular complexity index is 633. The van der Waals surface area contributed by atoms with Gasteiger partial charge in [-0.05, 0) is 24.4 Å². The van der Waals surface area contributed by atoms with Crippen LogP contribution in [0.3, 0.4) is 0 Å². The minimum atomic E-state index is 0.506. The number of aromatic amines is 1. The maximum absolute atomic E-state index is 5.43. The van der Waals surface area contributed by atoms with Gasteiger partial charge in [-0.3, -0.25) is 0 Å². The van der Waals surface area contributed by atoms with Gasteiger partial charge in [0.25, 0.3) is 0 Å². The molecule has 1 N–H and O–H groups in total. The molecule has 64 valence electrons. The smallest absolute Gasteiger partial charge is 0.326 e. The zero-order chi connectivity index (χ0) is 8.84. The van der Waals surface area contributed by atoms with Gasteiger partial charge in [-0.15, -0.1) is 5.10 Å². The van der Waals surface area contributed by atoms with E-state index >= 15 is 0 Å². The van der Waals surface area contributed by atoms with Crippen molar-refractivity contribution < 1.29 is 4.42 Å². The van der Waals surface area contributed by atoms with Crippen LogP contribution in [0.4, 0.5) is 0 Å². The fourth-order valence-corrected chi connectivity index (χ4v) is 1.61. The number of rotatable bonds is 0. The third-order valence-corrected chi connectivity index (χ3v) is 2.22. The highest BCUT2D eigenvalue weighted by atomic mass is 32.1. The highest BCUT2D eigenvalue weighted by Gasteiger charge is 2.06. The molecule has 0 unspecified atom stereocenters. The average Bonchev–Trinajstić information content (AvgIpc) is 2.66. The Morgan fingerprint density at radius 1 is 1.38 bits per heavy atom. The van der Waals surface area contributed by atoms with Crippen LogP contribution in [0.1, 0.15) is 0 Å². The van der Waals surface area contributed by atoms with E-state index in [1.54, 1.807) is 4.40 Å². The summed E-state index contributed by atoms with van der Waals surface area (Å²) in [5, 5.41) is 6.61. The Morgan fingerprint density at radius 3 is 3.15 bits per heavy atom. The molecule has 13 heavy (non-hydrogen) atoms. The van der Waals surface area contributed by atoms with Crippen LogP contribution in [0.25, 0.3) is 16.9 Å². The van der Waals surface area contributed by atoms with E-state index in [2.05, 4.69) is 10.2 Å². The summed E-state index contributed by atoms with van der Waals surface area (Å²) < 4.78 is 7.75. The van der Waals surface area contributed by atoms with E-state index in [1.165, 1.54) is 0 Å². The Kier molecular flexibility index (Phi) is 1.16. The number of aromatic nitrogens is 3. The van der Waals surface area contributed by atoms with Gasteiger partial charge in [0, 0.05) is 0 Å². The molecule has 1 aromatic carbocycles. The molecule has 2 heterocycles. The minimum Gasteiger partial charge on any atom is -0.422 e. The first-order valence-electron chi connectivity index (χ1n) is 3.81. The van der Waals surface area contributed by atoms with Gasteiger partial charge in [0.15, 0.2) is 5.58 Å². The monoisotopic (exact) mass is 191 g/mol. The summed E-state index contributed by atoms with van der Waals surface area (Å²) in [5.74, 6) is 0.506. The van der Waals surface area contributed by atoms with Gasteiger partial charge >= 0.3 is 5.84 Å². The van der Waals surface area contributed by atoms with E-state index in [9.17, 15) is 0 Å². The molecule has 2 aromatic heterocycles. The van der Waals surface area contributed by atoms with Crippen LogP contribution in [0, 0.1) is 4.77 Å². The van der Waals surface area contributed by atoms with Gasteiger partial charge < -0.3 is 4.42 Å². The number of nitrogens with one attached hydrogen (secondary N) is 1. The fourth-order valence-electron chi connectivity index (χ4n) is 1.39. The van der Waals surface area contributed by atoms with Crippen molar-refractivity contribution in [1.82, 2.24) is 14.6 Å². The van der Waals surface area contributed by atoms with Crippen molar-refractivity contribution in [2.24, 2.45) is 0 Å². The predicted molar refractivity (Wildman–Crippen MR) is 50.1 cm³/mol. The molecule has 3 aromatic rings. The molecule has 5 heteroatoms. The highest BCUT2D eigenvalue weighted by Crippen LogP contribution is 2.18. The van der Waals surface area contributed by atoms with Gasteiger partial charge in [0.05, 0.1) is 5.52 Å². The zero-order valence-electron chi connectivity index (χ0n) is 6.52. The Hall–Kier alpha value is -1.62. The van der Waals surface area contributed by atoms with Gasteiger partial charge in [0.1, 0.15) is 0 Å². The Labute approximate surface area is 77.8 Å². The summed E-state index contributed by atoms with van der Waals surface area (Å²) in [4.78, 5) is 0. The first-order valence-corrected chi connectivity index (χ1v) is 4.22. The number of hydrogen-bond donors (Lipinski definition) is 1. The van der Waals surface area contributed by atoms with Gasteiger partial charge in [-0.2, -0.15) is 0 Å². The predicted octanol–water partition coefficient (Wildman–Crippen LogP) is 2.14. The molecule has 4 nitrogen and oxygen atoms in total. The standard InChI is InChI=1S/C8H5N3OS/c13-8-10-9-7-11(8)5-3-1-2-4-6(5)12-7/h1-4H,(H,10,13). The van der Waals surface area contributed by atoms with Crippen LogP contribution in [-0.2, 0) is 0 Å². The third-order valence-electron chi connectivity index (χ3n) is 1.95. The van der Waals surface area contributed by atoms with Crippen LogP contribution >= 0.6 is 12.2 Å². The van der Waals surface area contributed by atoms with Gasteiger partial charge in [-0.1, -0.05) is 12.1 Å². The van der Waals surface area contributed by atoms with Crippen LogP contribution in [-0.4, -0.2) is 14.6 Å². The van der Waals surface area contributed by atoms with E-state index in [0.29, 0.717) is 10.6 Å². The molecular weight excluding hydrogens is 186 g/mol. The number of oxazole rings is 1. The molecule has 0 aliphatic carbocycles. The summed E-state index contributed by atoms with van der Waals surface area (Å²) in [6.07, 6.45) is 0. The van der Waals surface area contributed by atoms with Crippen LogP contribution in [0.2, 0.25) is 0 Å². The molecule has 0 aliphatic rings. The molecule has 0 fully saturated rings. The molecule has 3 rings (SSSR count). The number of H-pyrrole nitrogens is 1. The molecule has 0 radical (unpaired) electrons. The molecule has 0 aliphatic heterocycles. The zero-order valence-corrected chi connectivity index (χ0v) is 7.34. The summed E-state index contributed by atoms with van der Waals surface area (Å²) in [5.41, 5.74) is 1.74. The van der Waals surface area contributed by atoms with E-state index in [0.717, 1.165) is 11.1 Å². The number of fused-ring (bicyclic) bond motifs is 3. The van der Waals surface area contributed by atoms with E-state index < -0.39 is 0 Å².